The lowest BCUT2D eigenvalue weighted by Crippen LogP contribution is -2.21. The topological polar surface area (TPSA) is 81.0 Å². The molecule has 0 saturated heterocycles. The van der Waals surface area contributed by atoms with E-state index in [-0.39, 0.29) is 17.2 Å². The molecule has 2 heterocycles. The lowest BCUT2D eigenvalue weighted by molar-refractivity contribution is -0.119. The number of carbonyl (C=O) groups is 2. The molecule has 2 aromatic carbocycles. The molecule has 38 heavy (non-hydrogen) atoms. The zero-order valence-electron chi connectivity index (χ0n) is 22.9. The maximum atomic E-state index is 12.0. The van der Waals surface area contributed by atoms with Gasteiger partial charge in [-0.2, -0.15) is 5.10 Å². The maximum Gasteiger partial charge on any atom is 0.224 e. The zero-order chi connectivity index (χ0) is 27.4. The molecule has 0 radical (unpaired) electrons. The first-order valence-electron chi connectivity index (χ1n) is 13.1. The number of para-hydroxylation sites is 2. The standard InChI is InChI=1S/C17H21N3O2.C14H18N2/c1-14(21)18-11-5-4-10-17(22)19-15-8-2-3-9-16(15)20-12-6-7-13-20;1-14(2,3)13-9-10-16(15-13)11-12-7-5-4-6-8-12/h2-3,6-9,12-13H,4-5,10-11H2,1H3,(H,18,21)(H,19,22);4-10H,11H2,1-3H3. The van der Waals surface area contributed by atoms with Gasteiger partial charge in [0.2, 0.25) is 11.8 Å². The van der Waals surface area contributed by atoms with Crippen molar-refractivity contribution in [3.63, 3.8) is 0 Å². The van der Waals surface area contributed by atoms with E-state index in [1.165, 1.54) is 12.5 Å². The van der Waals surface area contributed by atoms with E-state index in [1.807, 2.05) is 70.3 Å². The first kappa shape index (κ1) is 28.4. The van der Waals surface area contributed by atoms with Gasteiger partial charge in [-0.15, -0.1) is 0 Å². The minimum Gasteiger partial charge on any atom is -0.356 e. The molecule has 0 spiro atoms. The van der Waals surface area contributed by atoms with Crippen LogP contribution in [0.4, 0.5) is 5.69 Å². The normalized spacial score (nSPS) is 10.8. The van der Waals surface area contributed by atoms with Crippen LogP contribution in [0.25, 0.3) is 5.69 Å². The molecule has 0 saturated carbocycles. The van der Waals surface area contributed by atoms with Gasteiger partial charge in [0.25, 0.3) is 0 Å². The zero-order valence-corrected chi connectivity index (χ0v) is 22.9. The second kappa shape index (κ2) is 14.0. The fourth-order valence-electron chi connectivity index (χ4n) is 3.81. The third-order valence-electron chi connectivity index (χ3n) is 5.86. The molecule has 0 aliphatic rings. The van der Waals surface area contributed by atoms with Gasteiger partial charge in [-0.05, 0) is 48.7 Å². The van der Waals surface area contributed by atoms with Gasteiger partial charge in [-0.3, -0.25) is 14.3 Å². The van der Waals surface area contributed by atoms with Crippen molar-refractivity contribution < 1.29 is 9.59 Å². The second-order valence-electron chi connectivity index (χ2n) is 10.2. The number of hydrogen-bond donors (Lipinski definition) is 2. The fourth-order valence-corrected chi connectivity index (χ4v) is 3.81. The quantitative estimate of drug-likeness (QED) is 0.271. The number of benzene rings is 2. The van der Waals surface area contributed by atoms with E-state index in [9.17, 15) is 9.59 Å². The van der Waals surface area contributed by atoms with Gasteiger partial charge < -0.3 is 15.2 Å². The van der Waals surface area contributed by atoms with E-state index in [0.717, 1.165) is 36.5 Å². The van der Waals surface area contributed by atoms with Crippen molar-refractivity contribution in [2.75, 3.05) is 11.9 Å². The van der Waals surface area contributed by atoms with Crippen LogP contribution in [0.5, 0.6) is 0 Å². The Bertz CT molecular complexity index is 1270. The van der Waals surface area contributed by atoms with Crippen LogP contribution in [-0.4, -0.2) is 32.7 Å². The number of nitrogens with zero attached hydrogens (tertiary/aromatic N) is 3. The SMILES string of the molecule is CC(=O)NCCCCC(=O)Nc1ccccc1-n1cccc1.CC(C)(C)c1ccn(Cc2ccccc2)n1. The molecule has 7 nitrogen and oxygen atoms in total. The average Bonchev–Trinajstić information content (AvgIpc) is 3.58. The molecule has 0 fully saturated rings. The van der Waals surface area contributed by atoms with Gasteiger partial charge in [-0.25, -0.2) is 0 Å². The largest absolute Gasteiger partial charge is 0.356 e. The van der Waals surface area contributed by atoms with E-state index in [1.54, 1.807) is 0 Å². The summed E-state index contributed by atoms with van der Waals surface area (Å²) in [5.41, 5.74) is 4.29. The second-order valence-corrected chi connectivity index (χ2v) is 10.2. The van der Waals surface area contributed by atoms with Crippen molar-refractivity contribution in [2.45, 2.75) is 58.9 Å². The molecular formula is C31H39N5O2. The highest BCUT2D eigenvalue weighted by Crippen LogP contribution is 2.21. The van der Waals surface area contributed by atoms with Crippen LogP contribution in [0.1, 0.15) is 58.2 Å². The van der Waals surface area contributed by atoms with Crippen LogP contribution in [0, 0.1) is 0 Å². The average molecular weight is 514 g/mol. The summed E-state index contributed by atoms with van der Waals surface area (Å²) in [6.07, 6.45) is 7.92. The minimum atomic E-state index is -0.0369. The summed E-state index contributed by atoms with van der Waals surface area (Å²) in [6.45, 7) is 9.50. The van der Waals surface area contributed by atoms with Crippen LogP contribution in [0.3, 0.4) is 0 Å². The Balaban J connectivity index is 0.000000221. The van der Waals surface area contributed by atoms with Crippen molar-refractivity contribution in [3.8, 4) is 5.69 Å². The van der Waals surface area contributed by atoms with Crippen molar-refractivity contribution in [2.24, 2.45) is 0 Å². The lowest BCUT2D eigenvalue weighted by atomic mass is 9.93. The highest BCUT2D eigenvalue weighted by atomic mass is 16.2. The van der Waals surface area contributed by atoms with Gasteiger partial charge in [0.15, 0.2) is 0 Å². The van der Waals surface area contributed by atoms with E-state index in [4.69, 9.17) is 0 Å². The van der Waals surface area contributed by atoms with Crippen molar-refractivity contribution in [1.29, 1.82) is 0 Å². The van der Waals surface area contributed by atoms with Crippen LogP contribution >= 0.6 is 0 Å². The predicted molar refractivity (Wildman–Crippen MR) is 153 cm³/mol. The van der Waals surface area contributed by atoms with Crippen LogP contribution in [0.15, 0.2) is 91.4 Å². The summed E-state index contributed by atoms with van der Waals surface area (Å²) in [4.78, 5) is 22.8. The Morgan fingerprint density at radius 2 is 1.53 bits per heavy atom. The Kier molecular flexibility index (Phi) is 10.5. The maximum absolute atomic E-state index is 12.0. The van der Waals surface area contributed by atoms with E-state index < -0.39 is 0 Å². The predicted octanol–water partition coefficient (Wildman–Crippen LogP) is 5.95. The number of rotatable bonds is 9. The Labute approximate surface area is 225 Å². The number of unbranched alkanes of at least 4 members (excludes halogenated alkanes) is 1. The molecule has 200 valence electrons. The van der Waals surface area contributed by atoms with Gasteiger partial charge in [0, 0.05) is 43.9 Å². The summed E-state index contributed by atoms with van der Waals surface area (Å²) in [7, 11) is 0. The van der Waals surface area contributed by atoms with E-state index >= 15 is 0 Å². The van der Waals surface area contributed by atoms with Crippen LogP contribution in [-0.2, 0) is 21.5 Å². The number of anilines is 1. The molecule has 7 heteroatoms. The number of hydrogen-bond acceptors (Lipinski definition) is 3. The molecule has 4 aromatic rings. The summed E-state index contributed by atoms with van der Waals surface area (Å²) in [5.74, 6) is -0.0486. The van der Waals surface area contributed by atoms with Crippen molar-refractivity contribution in [3.05, 3.63) is 103 Å². The molecule has 2 N–H and O–H groups in total. The van der Waals surface area contributed by atoms with Crippen molar-refractivity contribution >= 4 is 17.5 Å². The molecule has 0 bridgehead atoms. The Hall–Kier alpha value is -4.13. The number of nitrogens with one attached hydrogen (secondary N) is 2. The first-order valence-corrected chi connectivity index (χ1v) is 13.1. The summed E-state index contributed by atoms with van der Waals surface area (Å²) < 4.78 is 3.96. The van der Waals surface area contributed by atoms with Gasteiger partial charge in [0.05, 0.1) is 23.6 Å². The summed E-state index contributed by atoms with van der Waals surface area (Å²) in [5, 5.41) is 10.3. The molecule has 0 aliphatic carbocycles. The monoisotopic (exact) mass is 513 g/mol. The van der Waals surface area contributed by atoms with Crippen LogP contribution in [0.2, 0.25) is 0 Å². The lowest BCUT2D eigenvalue weighted by Gasteiger charge is -2.14. The summed E-state index contributed by atoms with van der Waals surface area (Å²) in [6, 6.07) is 24.1. The minimum absolute atomic E-state index is 0.0116. The van der Waals surface area contributed by atoms with Gasteiger partial charge in [-0.1, -0.05) is 63.2 Å². The first-order chi connectivity index (χ1) is 18.2. The van der Waals surface area contributed by atoms with Gasteiger partial charge in [0.1, 0.15) is 0 Å². The molecule has 2 amide bonds. The molecule has 2 aromatic heterocycles. The fraction of sp³-hybridized carbons (Fsp3) is 0.323. The molecule has 4 rings (SSSR count). The Morgan fingerprint density at radius 1 is 0.842 bits per heavy atom. The third kappa shape index (κ3) is 9.39. The van der Waals surface area contributed by atoms with Crippen molar-refractivity contribution in [1.82, 2.24) is 19.7 Å². The highest BCUT2D eigenvalue weighted by Gasteiger charge is 2.16. The Morgan fingerprint density at radius 3 is 2.18 bits per heavy atom. The van der Waals surface area contributed by atoms with Crippen LogP contribution < -0.4 is 10.6 Å². The van der Waals surface area contributed by atoms with E-state index in [0.29, 0.717) is 13.0 Å². The number of amides is 2. The number of carbonyl (C=O) groups excluding carboxylic acids is 2. The molecule has 0 atom stereocenters. The molecule has 0 aliphatic heterocycles. The van der Waals surface area contributed by atoms with E-state index in [2.05, 4.69) is 66.8 Å². The smallest absolute Gasteiger partial charge is 0.224 e. The number of aromatic nitrogens is 3. The highest BCUT2D eigenvalue weighted by molar-refractivity contribution is 5.92. The molecule has 0 unspecified atom stereocenters. The third-order valence-corrected chi connectivity index (χ3v) is 5.86. The summed E-state index contributed by atoms with van der Waals surface area (Å²) >= 11 is 0. The van der Waals surface area contributed by atoms with Gasteiger partial charge >= 0.3 is 0 Å². The molecular weight excluding hydrogens is 474 g/mol.